The van der Waals surface area contributed by atoms with Crippen molar-refractivity contribution < 1.29 is 14.8 Å². The minimum Gasteiger partial charge on any atom is -0.477 e. The van der Waals surface area contributed by atoms with E-state index in [2.05, 4.69) is 4.98 Å². The van der Waals surface area contributed by atoms with E-state index >= 15 is 0 Å². The van der Waals surface area contributed by atoms with Gasteiger partial charge >= 0.3 is 5.97 Å². The summed E-state index contributed by atoms with van der Waals surface area (Å²) in [6.45, 7) is 0.536. The molecule has 0 amide bonds. The van der Waals surface area contributed by atoms with Gasteiger partial charge in [0.05, 0.1) is 11.1 Å². The van der Waals surface area contributed by atoms with Crippen LogP contribution in [0.4, 0.5) is 5.69 Å². The number of hydrogen-bond donors (Lipinski definition) is 1. The highest BCUT2D eigenvalue weighted by Crippen LogP contribution is 2.30. The molecule has 0 aliphatic carbocycles. The number of nitro groups is 1. The van der Waals surface area contributed by atoms with Gasteiger partial charge in [0, 0.05) is 31.0 Å². The Bertz CT molecular complexity index is 690. The first-order valence-corrected chi connectivity index (χ1v) is 6.08. The van der Waals surface area contributed by atoms with Crippen LogP contribution in [-0.4, -0.2) is 25.6 Å². The van der Waals surface area contributed by atoms with E-state index in [4.69, 9.17) is 5.11 Å². The SMILES string of the molecule is O=C(O)c1cnc2n1CC(c1ccc([N+](=O)[O-])cc1)C2. The number of aromatic nitrogens is 2. The molecule has 0 fully saturated rings. The molecule has 20 heavy (non-hydrogen) atoms. The summed E-state index contributed by atoms with van der Waals surface area (Å²) in [7, 11) is 0. The van der Waals surface area contributed by atoms with Crippen LogP contribution in [0.15, 0.2) is 30.5 Å². The van der Waals surface area contributed by atoms with Crippen LogP contribution < -0.4 is 0 Å². The molecule has 0 saturated heterocycles. The summed E-state index contributed by atoms with van der Waals surface area (Å²) in [6.07, 6.45) is 2.01. The van der Waals surface area contributed by atoms with Gasteiger partial charge in [-0.05, 0) is 5.56 Å². The predicted octanol–water partition coefficient (Wildman–Crippen LogP) is 1.83. The zero-order valence-corrected chi connectivity index (χ0v) is 10.4. The number of carboxylic acid groups (broad SMARTS) is 1. The van der Waals surface area contributed by atoms with Crippen LogP contribution in [-0.2, 0) is 13.0 Å². The number of nitrogens with zero attached hydrogens (tertiary/aromatic N) is 3. The van der Waals surface area contributed by atoms with E-state index in [1.54, 1.807) is 16.7 Å². The molecule has 1 aromatic heterocycles. The van der Waals surface area contributed by atoms with Crippen LogP contribution >= 0.6 is 0 Å². The number of rotatable bonds is 3. The summed E-state index contributed by atoms with van der Waals surface area (Å²) in [5.74, 6) is -0.142. The summed E-state index contributed by atoms with van der Waals surface area (Å²) in [5, 5.41) is 19.7. The molecule has 3 rings (SSSR count). The van der Waals surface area contributed by atoms with Gasteiger partial charge in [-0.2, -0.15) is 0 Å². The van der Waals surface area contributed by atoms with Gasteiger partial charge in [0.15, 0.2) is 0 Å². The van der Waals surface area contributed by atoms with E-state index in [-0.39, 0.29) is 17.3 Å². The first-order valence-electron chi connectivity index (χ1n) is 6.08. The lowest BCUT2D eigenvalue weighted by atomic mass is 9.97. The number of hydrogen-bond acceptors (Lipinski definition) is 4. The topological polar surface area (TPSA) is 98.3 Å². The number of aromatic carboxylic acids is 1. The third-order valence-corrected chi connectivity index (χ3v) is 3.56. The van der Waals surface area contributed by atoms with Gasteiger partial charge in [-0.1, -0.05) is 12.1 Å². The Morgan fingerprint density at radius 3 is 2.70 bits per heavy atom. The molecule has 2 aromatic rings. The zero-order chi connectivity index (χ0) is 14.3. The van der Waals surface area contributed by atoms with Crippen molar-refractivity contribution >= 4 is 11.7 Å². The van der Waals surface area contributed by atoms with Crippen molar-refractivity contribution in [3.05, 3.63) is 57.7 Å². The number of fused-ring (bicyclic) bond motifs is 1. The van der Waals surface area contributed by atoms with Crippen molar-refractivity contribution in [1.29, 1.82) is 0 Å². The third-order valence-electron chi connectivity index (χ3n) is 3.56. The summed E-state index contributed by atoms with van der Waals surface area (Å²) >= 11 is 0. The van der Waals surface area contributed by atoms with Gasteiger partial charge < -0.3 is 9.67 Å². The Labute approximate surface area is 113 Å². The van der Waals surface area contributed by atoms with Crippen molar-refractivity contribution in [2.75, 3.05) is 0 Å². The van der Waals surface area contributed by atoms with Crippen LogP contribution in [0.1, 0.15) is 27.8 Å². The fourth-order valence-corrected chi connectivity index (χ4v) is 2.55. The van der Waals surface area contributed by atoms with Crippen LogP contribution in [0.2, 0.25) is 0 Å². The summed E-state index contributed by atoms with van der Waals surface area (Å²) in [6, 6.07) is 6.37. The van der Waals surface area contributed by atoms with E-state index in [9.17, 15) is 14.9 Å². The number of nitro benzene ring substituents is 1. The van der Waals surface area contributed by atoms with Crippen molar-refractivity contribution in [1.82, 2.24) is 9.55 Å². The smallest absolute Gasteiger partial charge is 0.354 e. The van der Waals surface area contributed by atoms with Crippen molar-refractivity contribution in [2.45, 2.75) is 18.9 Å². The van der Waals surface area contributed by atoms with E-state index in [1.165, 1.54) is 18.3 Å². The molecule has 0 saturated carbocycles. The first kappa shape index (κ1) is 12.3. The van der Waals surface area contributed by atoms with E-state index < -0.39 is 10.9 Å². The van der Waals surface area contributed by atoms with Crippen molar-refractivity contribution in [2.24, 2.45) is 0 Å². The Kier molecular flexibility index (Phi) is 2.74. The molecule has 1 aliphatic rings. The standard InChI is InChI=1S/C13H11N3O4/c17-13(18)11-6-14-12-5-9(7-15(11)12)8-1-3-10(4-2-8)16(19)20/h1-4,6,9H,5,7H2,(H,17,18). The molecule has 102 valence electrons. The molecule has 7 nitrogen and oxygen atoms in total. The third kappa shape index (κ3) is 1.93. The summed E-state index contributed by atoms with van der Waals surface area (Å²) < 4.78 is 1.69. The van der Waals surface area contributed by atoms with Gasteiger partial charge in [0.1, 0.15) is 11.5 Å². The second-order valence-corrected chi connectivity index (χ2v) is 4.73. The normalized spacial score (nSPS) is 16.9. The van der Waals surface area contributed by atoms with Crippen LogP contribution in [0.25, 0.3) is 0 Å². The molecular weight excluding hydrogens is 262 g/mol. The minimum atomic E-state index is -0.993. The molecule has 1 unspecified atom stereocenters. The largest absolute Gasteiger partial charge is 0.477 e. The van der Waals surface area contributed by atoms with E-state index in [1.807, 2.05) is 0 Å². The maximum atomic E-state index is 11.0. The highest BCUT2D eigenvalue weighted by atomic mass is 16.6. The van der Waals surface area contributed by atoms with Gasteiger partial charge in [-0.3, -0.25) is 10.1 Å². The molecule has 0 spiro atoms. The van der Waals surface area contributed by atoms with Crippen molar-refractivity contribution in [3.8, 4) is 0 Å². The fraction of sp³-hybridized carbons (Fsp3) is 0.231. The van der Waals surface area contributed by atoms with Gasteiger partial charge in [0.25, 0.3) is 5.69 Å². The lowest BCUT2D eigenvalue weighted by molar-refractivity contribution is -0.384. The molecule has 1 aromatic carbocycles. The Hall–Kier alpha value is -2.70. The highest BCUT2D eigenvalue weighted by Gasteiger charge is 2.28. The zero-order valence-electron chi connectivity index (χ0n) is 10.4. The first-order chi connectivity index (χ1) is 9.56. The van der Waals surface area contributed by atoms with Crippen LogP contribution in [0.3, 0.4) is 0 Å². The number of carboxylic acids is 1. The van der Waals surface area contributed by atoms with Gasteiger partial charge in [0.2, 0.25) is 0 Å². The van der Waals surface area contributed by atoms with Gasteiger partial charge in [-0.15, -0.1) is 0 Å². The maximum Gasteiger partial charge on any atom is 0.354 e. The van der Waals surface area contributed by atoms with E-state index in [0.717, 1.165) is 11.4 Å². The lowest BCUT2D eigenvalue weighted by Gasteiger charge is -2.09. The Morgan fingerprint density at radius 1 is 1.40 bits per heavy atom. The number of carbonyl (C=O) groups is 1. The molecule has 1 atom stereocenters. The average Bonchev–Trinajstić information content (AvgIpc) is 2.97. The number of benzene rings is 1. The predicted molar refractivity (Wildman–Crippen MR) is 68.7 cm³/mol. The summed E-state index contributed by atoms with van der Waals surface area (Å²) in [4.78, 5) is 25.3. The monoisotopic (exact) mass is 273 g/mol. The van der Waals surface area contributed by atoms with Gasteiger partial charge in [-0.25, -0.2) is 9.78 Å². The average molecular weight is 273 g/mol. The Balaban J connectivity index is 1.84. The highest BCUT2D eigenvalue weighted by molar-refractivity contribution is 5.85. The lowest BCUT2D eigenvalue weighted by Crippen LogP contribution is -2.08. The second kappa shape index (κ2) is 4.44. The maximum absolute atomic E-state index is 11.0. The van der Waals surface area contributed by atoms with E-state index in [0.29, 0.717) is 13.0 Å². The second-order valence-electron chi connectivity index (χ2n) is 4.73. The van der Waals surface area contributed by atoms with Crippen LogP contribution in [0, 0.1) is 10.1 Å². The molecule has 0 bridgehead atoms. The minimum absolute atomic E-state index is 0.0516. The molecule has 2 heterocycles. The molecule has 1 aliphatic heterocycles. The number of imidazole rings is 1. The Morgan fingerprint density at radius 2 is 2.10 bits per heavy atom. The van der Waals surface area contributed by atoms with Crippen molar-refractivity contribution in [3.63, 3.8) is 0 Å². The molecule has 0 radical (unpaired) electrons. The fourth-order valence-electron chi connectivity index (χ4n) is 2.55. The quantitative estimate of drug-likeness (QED) is 0.679. The van der Waals surface area contributed by atoms with Crippen LogP contribution in [0.5, 0.6) is 0 Å². The molecule has 1 N–H and O–H groups in total. The molecule has 7 heteroatoms. The number of non-ortho nitro benzene ring substituents is 1. The summed E-state index contributed by atoms with van der Waals surface area (Å²) in [5.41, 5.74) is 1.19. The molecular formula is C13H11N3O4.